The van der Waals surface area contributed by atoms with Crippen LogP contribution in [0.4, 0.5) is 17.8 Å². The van der Waals surface area contributed by atoms with Crippen LogP contribution in [0, 0.1) is 0 Å². The van der Waals surface area contributed by atoms with E-state index >= 15 is 0 Å². The number of hydrogen-bond donors (Lipinski definition) is 2. The van der Waals surface area contributed by atoms with Crippen molar-refractivity contribution < 1.29 is 0 Å². The zero-order chi connectivity index (χ0) is 13.0. The molecule has 0 unspecified atom stereocenters. The molecule has 1 fully saturated rings. The van der Waals surface area contributed by atoms with Crippen LogP contribution in [0.5, 0.6) is 0 Å². The number of aromatic nitrogens is 3. The van der Waals surface area contributed by atoms with E-state index in [1.165, 1.54) is 25.7 Å². The first kappa shape index (κ1) is 12.9. The molecule has 1 aliphatic rings. The van der Waals surface area contributed by atoms with Crippen molar-refractivity contribution in [1.82, 2.24) is 15.0 Å². The first-order valence-corrected chi connectivity index (χ1v) is 6.63. The number of nitrogens with one attached hydrogen (secondary N) is 2. The molecule has 1 aromatic rings. The van der Waals surface area contributed by atoms with Gasteiger partial charge in [0, 0.05) is 26.7 Å². The first-order chi connectivity index (χ1) is 8.69. The summed E-state index contributed by atoms with van der Waals surface area (Å²) in [4.78, 5) is 15.1. The molecular weight excluding hydrogens is 228 g/mol. The Morgan fingerprint density at radius 1 is 1.11 bits per heavy atom. The molecule has 18 heavy (non-hydrogen) atoms. The van der Waals surface area contributed by atoms with Gasteiger partial charge in [-0.15, -0.1) is 0 Å². The van der Waals surface area contributed by atoms with Gasteiger partial charge in [0.25, 0.3) is 0 Å². The molecule has 0 aromatic carbocycles. The van der Waals surface area contributed by atoms with Crippen LogP contribution in [0.1, 0.15) is 32.6 Å². The molecule has 2 N–H and O–H groups in total. The minimum Gasteiger partial charge on any atom is -0.354 e. The van der Waals surface area contributed by atoms with Gasteiger partial charge in [0.15, 0.2) is 0 Å². The zero-order valence-electron chi connectivity index (χ0n) is 11.4. The summed E-state index contributed by atoms with van der Waals surface area (Å²) >= 11 is 0. The Morgan fingerprint density at radius 3 is 2.39 bits per heavy atom. The third-order valence-corrected chi connectivity index (χ3v) is 3.05. The van der Waals surface area contributed by atoms with E-state index in [1.54, 1.807) is 0 Å². The van der Waals surface area contributed by atoms with Crippen LogP contribution in [0.3, 0.4) is 0 Å². The van der Waals surface area contributed by atoms with Crippen LogP contribution in [0.15, 0.2) is 0 Å². The molecule has 1 heterocycles. The van der Waals surface area contributed by atoms with Gasteiger partial charge in [-0.2, -0.15) is 15.0 Å². The second-order valence-corrected chi connectivity index (χ2v) is 4.83. The molecule has 0 bridgehead atoms. The monoisotopic (exact) mass is 250 g/mol. The van der Waals surface area contributed by atoms with Gasteiger partial charge in [-0.05, 0) is 19.8 Å². The van der Waals surface area contributed by atoms with Crippen LogP contribution < -0.4 is 15.5 Å². The molecular formula is C12H22N6. The van der Waals surface area contributed by atoms with Gasteiger partial charge >= 0.3 is 0 Å². The molecule has 6 heteroatoms. The number of rotatable bonds is 5. The fourth-order valence-electron chi connectivity index (χ4n) is 2.12. The van der Waals surface area contributed by atoms with Crippen LogP contribution in [0.2, 0.25) is 0 Å². The molecule has 100 valence electrons. The van der Waals surface area contributed by atoms with Crippen molar-refractivity contribution in [3.05, 3.63) is 0 Å². The van der Waals surface area contributed by atoms with Crippen LogP contribution >= 0.6 is 0 Å². The summed E-state index contributed by atoms with van der Waals surface area (Å²) in [7, 11) is 3.87. The zero-order valence-corrected chi connectivity index (χ0v) is 11.4. The molecule has 0 aliphatic heterocycles. The van der Waals surface area contributed by atoms with Crippen LogP contribution in [0.25, 0.3) is 0 Å². The molecule has 1 saturated carbocycles. The summed E-state index contributed by atoms with van der Waals surface area (Å²) in [5.41, 5.74) is 0. The molecule has 0 radical (unpaired) electrons. The Bertz CT molecular complexity index is 386. The van der Waals surface area contributed by atoms with Crippen molar-refractivity contribution in [2.45, 2.75) is 38.6 Å². The molecule has 1 aromatic heterocycles. The third-order valence-electron chi connectivity index (χ3n) is 3.05. The summed E-state index contributed by atoms with van der Waals surface area (Å²) in [6, 6.07) is 0.511. The van der Waals surface area contributed by atoms with E-state index in [2.05, 4.69) is 25.6 Å². The van der Waals surface area contributed by atoms with Gasteiger partial charge in [-0.25, -0.2) is 0 Å². The second kappa shape index (κ2) is 5.84. The molecule has 0 spiro atoms. The lowest BCUT2D eigenvalue weighted by molar-refractivity contribution is 0.741. The smallest absolute Gasteiger partial charge is 0.231 e. The fraction of sp³-hybridized carbons (Fsp3) is 0.750. The molecule has 0 saturated heterocycles. The van der Waals surface area contributed by atoms with Gasteiger partial charge < -0.3 is 15.5 Å². The van der Waals surface area contributed by atoms with E-state index in [0.717, 1.165) is 6.54 Å². The Balaban J connectivity index is 2.16. The lowest BCUT2D eigenvalue weighted by Gasteiger charge is -2.16. The maximum Gasteiger partial charge on any atom is 0.231 e. The Hall–Kier alpha value is -1.59. The number of nitrogens with zero attached hydrogens (tertiary/aromatic N) is 4. The lowest BCUT2D eigenvalue weighted by Crippen LogP contribution is -2.21. The maximum atomic E-state index is 4.43. The van der Waals surface area contributed by atoms with Crippen LogP contribution in [-0.2, 0) is 0 Å². The van der Waals surface area contributed by atoms with E-state index in [4.69, 9.17) is 0 Å². The van der Waals surface area contributed by atoms with Gasteiger partial charge in [-0.1, -0.05) is 12.8 Å². The normalized spacial score (nSPS) is 15.7. The van der Waals surface area contributed by atoms with Gasteiger partial charge in [0.2, 0.25) is 17.8 Å². The second-order valence-electron chi connectivity index (χ2n) is 4.83. The van der Waals surface area contributed by atoms with Crippen molar-refractivity contribution >= 4 is 17.8 Å². The lowest BCUT2D eigenvalue weighted by atomic mass is 10.3. The van der Waals surface area contributed by atoms with E-state index in [9.17, 15) is 0 Å². The minimum atomic E-state index is 0.511. The van der Waals surface area contributed by atoms with E-state index in [0.29, 0.717) is 23.9 Å². The quantitative estimate of drug-likeness (QED) is 0.829. The summed E-state index contributed by atoms with van der Waals surface area (Å²) in [6.07, 6.45) is 5.01. The molecule has 6 nitrogen and oxygen atoms in total. The van der Waals surface area contributed by atoms with Gasteiger partial charge in [-0.3, -0.25) is 0 Å². The fourth-order valence-corrected chi connectivity index (χ4v) is 2.12. The van der Waals surface area contributed by atoms with Gasteiger partial charge in [0.1, 0.15) is 0 Å². The average molecular weight is 250 g/mol. The summed E-state index contributed by atoms with van der Waals surface area (Å²) in [5, 5.41) is 6.55. The van der Waals surface area contributed by atoms with Crippen LogP contribution in [-0.4, -0.2) is 41.6 Å². The Morgan fingerprint density at radius 2 is 1.78 bits per heavy atom. The predicted molar refractivity (Wildman–Crippen MR) is 74.2 cm³/mol. The molecule has 0 amide bonds. The highest BCUT2D eigenvalue weighted by molar-refractivity contribution is 5.43. The van der Waals surface area contributed by atoms with E-state index < -0.39 is 0 Å². The van der Waals surface area contributed by atoms with Crippen molar-refractivity contribution in [2.24, 2.45) is 0 Å². The maximum absolute atomic E-state index is 4.43. The minimum absolute atomic E-state index is 0.511. The highest BCUT2D eigenvalue weighted by Gasteiger charge is 2.17. The highest BCUT2D eigenvalue weighted by atomic mass is 15.3. The molecule has 2 rings (SSSR count). The first-order valence-electron chi connectivity index (χ1n) is 6.63. The van der Waals surface area contributed by atoms with Gasteiger partial charge in [0.05, 0.1) is 0 Å². The summed E-state index contributed by atoms with van der Waals surface area (Å²) in [6.45, 7) is 2.84. The topological polar surface area (TPSA) is 66.0 Å². The van der Waals surface area contributed by atoms with Crippen molar-refractivity contribution in [2.75, 3.05) is 36.2 Å². The molecule has 1 aliphatic carbocycles. The largest absolute Gasteiger partial charge is 0.354 e. The highest BCUT2D eigenvalue weighted by Crippen LogP contribution is 2.21. The number of hydrogen-bond acceptors (Lipinski definition) is 6. The molecule has 0 atom stereocenters. The third kappa shape index (κ3) is 3.21. The average Bonchev–Trinajstić information content (AvgIpc) is 2.82. The Kier molecular flexibility index (Phi) is 4.17. The predicted octanol–water partition coefficient (Wildman–Crippen LogP) is 1.72. The summed E-state index contributed by atoms with van der Waals surface area (Å²) < 4.78 is 0. The number of anilines is 3. The SMILES string of the molecule is CCNc1nc(NC2CCCC2)nc(N(C)C)n1. The standard InChI is InChI=1S/C12H22N6/c1-4-13-10-15-11(14-9-7-5-6-8-9)17-12(16-10)18(2)3/h9H,4-8H2,1-3H3,(H2,13,14,15,16,17). The van der Waals surface area contributed by atoms with E-state index in [1.807, 2.05) is 25.9 Å². The van der Waals surface area contributed by atoms with Crippen molar-refractivity contribution in [3.63, 3.8) is 0 Å². The Labute approximate surface area is 108 Å². The van der Waals surface area contributed by atoms with E-state index in [-0.39, 0.29) is 0 Å². The summed E-state index contributed by atoms with van der Waals surface area (Å²) in [5.74, 6) is 2.00. The van der Waals surface area contributed by atoms with Crippen molar-refractivity contribution in [3.8, 4) is 0 Å². The van der Waals surface area contributed by atoms with Crippen molar-refractivity contribution in [1.29, 1.82) is 0 Å².